The van der Waals surface area contributed by atoms with Crippen LogP contribution in [-0.2, 0) is 0 Å². The van der Waals surface area contributed by atoms with Gasteiger partial charge in [0.05, 0.1) is 5.69 Å². The van der Waals surface area contributed by atoms with E-state index in [2.05, 4.69) is 32.1 Å². The van der Waals surface area contributed by atoms with E-state index >= 15 is 0 Å². The van der Waals surface area contributed by atoms with Crippen LogP contribution in [0.1, 0.15) is 35.1 Å². The van der Waals surface area contributed by atoms with Gasteiger partial charge in [-0.05, 0) is 38.3 Å². The molecule has 128 valence electrons. The normalized spacial score (nSPS) is 18.5. The van der Waals surface area contributed by atoms with Crippen molar-refractivity contribution in [2.75, 3.05) is 26.2 Å². The molecule has 0 bridgehead atoms. The predicted molar refractivity (Wildman–Crippen MR) is 95.0 cm³/mol. The van der Waals surface area contributed by atoms with Crippen LogP contribution in [0.25, 0.3) is 10.8 Å². The number of carbonyl (C=O) groups excluding carboxylic acids is 1. The van der Waals surface area contributed by atoms with E-state index in [1.54, 1.807) is 18.5 Å². The first-order chi connectivity index (χ1) is 11.6. The summed E-state index contributed by atoms with van der Waals surface area (Å²) >= 11 is 1.35. The second-order valence-corrected chi connectivity index (χ2v) is 7.31. The molecule has 1 amide bonds. The number of nitrogens with one attached hydrogen (secondary N) is 1. The van der Waals surface area contributed by atoms with Gasteiger partial charge in [-0.25, -0.2) is 15.0 Å². The fraction of sp³-hybridized carbons (Fsp3) is 0.529. The molecule has 24 heavy (non-hydrogen) atoms. The molecule has 1 aliphatic rings. The van der Waals surface area contributed by atoms with E-state index < -0.39 is 0 Å². The summed E-state index contributed by atoms with van der Waals surface area (Å²) in [5.74, 6) is 1.26. The van der Waals surface area contributed by atoms with Gasteiger partial charge in [-0.1, -0.05) is 6.92 Å². The number of aromatic nitrogens is 3. The van der Waals surface area contributed by atoms with Gasteiger partial charge in [0.15, 0.2) is 10.8 Å². The molecule has 0 unspecified atom stereocenters. The highest BCUT2D eigenvalue weighted by Crippen LogP contribution is 2.25. The molecule has 7 heteroatoms. The van der Waals surface area contributed by atoms with Crippen LogP contribution in [0, 0.1) is 12.8 Å². The first kappa shape index (κ1) is 17.0. The highest BCUT2D eigenvalue weighted by Gasteiger charge is 2.19. The minimum absolute atomic E-state index is 0.0581. The number of hydrogen-bond acceptors (Lipinski definition) is 6. The monoisotopic (exact) mass is 345 g/mol. The van der Waals surface area contributed by atoms with Gasteiger partial charge in [0.25, 0.3) is 5.91 Å². The Bertz CT molecular complexity index is 688. The van der Waals surface area contributed by atoms with Gasteiger partial charge in [0.2, 0.25) is 0 Å². The summed E-state index contributed by atoms with van der Waals surface area (Å²) in [5.41, 5.74) is 0.728. The van der Waals surface area contributed by atoms with Crippen LogP contribution in [0.2, 0.25) is 0 Å². The number of piperidine rings is 1. The Morgan fingerprint density at radius 2 is 2.21 bits per heavy atom. The lowest BCUT2D eigenvalue weighted by Crippen LogP contribution is -2.40. The molecule has 6 nitrogen and oxygen atoms in total. The first-order valence-corrected chi connectivity index (χ1v) is 9.20. The van der Waals surface area contributed by atoms with Crippen molar-refractivity contribution in [3.05, 3.63) is 29.0 Å². The lowest BCUT2D eigenvalue weighted by molar-refractivity contribution is 0.0947. The molecule has 0 radical (unpaired) electrons. The second-order valence-electron chi connectivity index (χ2n) is 6.31. The summed E-state index contributed by atoms with van der Waals surface area (Å²) in [6.07, 6.45) is 5.92. The van der Waals surface area contributed by atoms with Crippen LogP contribution in [-0.4, -0.2) is 51.9 Å². The van der Waals surface area contributed by atoms with Crippen molar-refractivity contribution in [1.82, 2.24) is 25.2 Å². The number of rotatable bonds is 5. The summed E-state index contributed by atoms with van der Waals surface area (Å²) < 4.78 is 0. The number of nitrogens with zero attached hydrogens (tertiary/aromatic N) is 4. The molecule has 0 aromatic carbocycles. The van der Waals surface area contributed by atoms with Crippen LogP contribution >= 0.6 is 11.3 Å². The van der Waals surface area contributed by atoms with Crippen molar-refractivity contribution in [3.63, 3.8) is 0 Å². The zero-order chi connectivity index (χ0) is 16.9. The lowest BCUT2D eigenvalue weighted by Gasteiger charge is -2.30. The van der Waals surface area contributed by atoms with E-state index in [1.165, 1.54) is 24.2 Å². The lowest BCUT2D eigenvalue weighted by atomic mass is 10.0. The summed E-state index contributed by atoms with van der Waals surface area (Å²) in [5, 5.41) is 3.70. The summed E-state index contributed by atoms with van der Waals surface area (Å²) in [4.78, 5) is 28.3. The Hall–Kier alpha value is -1.86. The van der Waals surface area contributed by atoms with Gasteiger partial charge in [0, 0.05) is 32.0 Å². The molecule has 0 saturated carbocycles. The zero-order valence-electron chi connectivity index (χ0n) is 14.2. The van der Waals surface area contributed by atoms with E-state index in [4.69, 9.17) is 0 Å². The largest absolute Gasteiger partial charge is 0.350 e. The van der Waals surface area contributed by atoms with Crippen molar-refractivity contribution < 1.29 is 4.79 Å². The van der Waals surface area contributed by atoms with Crippen LogP contribution in [0.5, 0.6) is 0 Å². The molecule has 1 saturated heterocycles. The Labute approximate surface area is 146 Å². The van der Waals surface area contributed by atoms with Crippen molar-refractivity contribution >= 4 is 17.2 Å². The molecular formula is C17H23N5OS. The molecule has 3 heterocycles. The molecule has 0 spiro atoms. The Kier molecular flexibility index (Phi) is 5.52. The standard InChI is InChI=1S/C17H23N5OS/c1-12-5-3-9-22(11-12)10-8-20-16(23)14-13(2)21-17(24-14)15-18-6-4-7-19-15/h4,6-7,12H,3,5,8-11H2,1-2H3,(H,20,23)/t12-/m0/s1. The molecule has 1 aliphatic heterocycles. The molecular weight excluding hydrogens is 322 g/mol. The van der Waals surface area contributed by atoms with Crippen molar-refractivity contribution in [3.8, 4) is 10.8 Å². The molecule has 1 atom stereocenters. The van der Waals surface area contributed by atoms with Gasteiger partial charge >= 0.3 is 0 Å². The fourth-order valence-corrected chi connectivity index (χ4v) is 3.94. The maximum absolute atomic E-state index is 12.4. The van der Waals surface area contributed by atoms with Gasteiger partial charge in [0.1, 0.15) is 4.88 Å². The third-order valence-corrected chi connectivity index (χ3v) is 5.37. The number of amides is 1. The van der Waals surface area contributed by atoms with Crippen LogP contribution in [0.3, 0.4) is 0 Å². The molecule has 1 N–H and O–H groups in total. The number of carbonyl (C=O) groups is 1. The van der Waals surface area contributed by atoms with Crippen molar-refractivity contribution in [2.24, 2.45) is 5.92 Å². The second kappa shape index (κ2) is 7.81. The smallest absolute Gasteiger partial charge is 0.263 e. The molecule has 3 rings (SSSR count). The van der Waals surface area contributed by atoms with E-state index in [-0.39, 0.29) is 5.91 Å². The summed E-state index contributed by atoms with van der Waals surface area (Å²) in [6, 6.07) is 1.76. The van der Waals surface area contributed by atoms with Gasteiger partial charge in [-0.15, -0.1) is 11.3 Å². The van der Waals surface area contributed by atoms with E-state index in [0.29, 0.717) is 22.3 Å². The summed E-state index contributed by atoms with van der Waals surface area (Å²) in [6.45, 7) is 7.98. The fourth-order valence-electron chi connectivity index (χ4n) is 3.01. The Morgan fingerprint density at radius 3 is 2.96 bits per heavy atom. The third kappa shape index (κ3) is 4.15. The average molecular weight is 345 g/mol. The maximum atomic E-state index is 12.4. The van der Waals surface area contributed by atoms with Crippen LogP contribution in [0.4, 0.5) is 0 Å². The summed E-state index contributed by atoms with van der Waals surface area (Å²) in [7, 11) is 0. The zero-order valence-corrected chi connectivity index (χ0v) is 15.0. The van der Waals surface area contributed by atoms with E-state index in [1.807, 2.05) is 6.92 Å². The van der Waals surface area contributed by atoms with Crippen LogP contribution in [0.15, 0.2) is 18.5 Å². The molecule has 0 aliphatic carbocycles. The Balaban J connectivity index is 1.56. The Morgan fingerprint density at radius 1 is 1.42 bits per heavy atom. The number of aryl methyl sites for hydroxylation is 1. The average Bonchev–Trinajstić information content (AvgIpc) is 2.98. The SMILES string of the molecule is Cc1nc(-c2ncccn2)sc1C(=O)NCCN1CCC[C@H](C)C1. The topological polar surface area (TPSA) is 71.0 Å². The molecule has 2 aromatic heterocycles. The minimum atomic E-state index is -0.0581. The quantitative estimate of drug-likeness (QED) is 0.901. The van der Waals surface area contributed by atoms with Gasteiger partial charge in [-0.3, -0.25) is 4.79 Å². The highest BCUT2D eigenvalue weighted by atomic mass is 32.1. The highest BCUT2D eigenvalue weighted by molar-refractivity contribution is 7.17. The number of thiazole rings is 1. The van der Waals surface area contributed by atoms with Gasteiger partial charge < -0.3 is 10.2 Å². The van der Waals surface area contributed by atoms with E-state index in [0.717, 1.165) is 31.2 Å². The predicted octanol–water partition coefficient (Wildman–Crippen LogP) is 2.37. The number of likely N-dealkylation sites (tertiary alicyclic amines) is 1. The third-order valence-electron chi connectivity index (χ3n) is 4.21. The molecule has 2 aromatic rings. The van der Waals surface area contributed by atoms with Crippen molar-refractivity contribution in [2.45, 2.75) is 26.7 Å². The van der Waals surface area contributed by atoms with Crippen molar-refractivity contribution in [1.29, 1.82) is 0 Å². The van der Waals surface area contributed by atoms with Crippen LogP contribution < -0.4 is 5.32 Å². The van der Waals surface area contributed by atoms with Gasteiger partial charge in [-0.2, -0.15) is 0 Å². The first-order valence-electron chi connectivity index (χ1n) is 8.39. The maximum Gasteiger partial charge on any atom is 0.263 e. The van der Waals surface area contributed by atoms with E-state index in [9.17, 15) is 4.79 Å². The minimum Gasteiger partial charge on any atom is -0.350 e. The number of hydrogen-bond donors (Lipinski definition) is 1. The molecule has 1 fully saturated rings.